The van der Waals surface area contributed by atoms with E-state index in [1.54, 1.807) is 0 Å². The Kier molecular flexibility index (Phi) is 4.33. The Hall–Kier alpha value is -1.97. The van der Waals surface area contributed by atoms with Crippen molar-refractivity contribution in [3.05, 3.63) is 34.9 Å². The van der Waals surface area contributed by atoms with Crippen LogP contribution in [-0.2, 0) is 11.2 Å². The number of fused-ring (bicyclic) bond motifs is 3. The SMILES string of the molecule is CCCC[C@]12CCC(=O)C(CC)=C1c1cccc(N=NN)c1C2. The second-order valence-electron chi connectivity index (χ2n) is 6.71. The molecular formula is C19H25N3O. The monoisotopic (exact) mass is 311 g/mol. The lowest BCUT2D eigenvalue weighted by Gasteiger charge is -2.36. The van der Waals surface area contributed by atoms with Crippen molar-refractivity contribution in [1.29, 1.82) is 0 Å². The summed E-state index contributed by atoms with van der Waals surface area (Å²) in [6, 6.07) is 6.11. The molecule has 0 bridgehead atoms. The standard InChI is InChI=1S/C19H25N3O/c1-3-5-10-19-11-9-17(23)13(4-2)18(19)14-7-6-8-16(21-22-20)15(14)12-19/h6-8H,3-5,9-12H2,1-2H3,(H2,20,21)/t19-/m1/s1. The Balaban J connectivity index is 2.21. The van der Waals surface area contributed by atoms with Crippen LogP contribution >= 0.6 is 0 Å². The summed E-state index contributed by atoms with van der Waals surface area (Å²) in [4.78, 5) is 12.5. The van der Waals surface area contributed by atoms with E-state index in [1.165, 1.54) is 29.5 Å². The van der Waals surface area contributed by atoms with Crippen LogP contribution in [0.2, 0.25) is 0 Å². The Bertz CT molecular complexity index is 690. The Morgan fingerprint density at radius 3 is 2.83 bits per heavy atom. The number of nitrogens with two attached hydrogens (primary N) is 1. The highest BCUT2D eigenvalue weighted by Gasteiger charge is 2.46. The molecule has 23 heavy (non-hydrogen) atoms. The van der Waals surface area contributed by atoms with Gasteiger partial charge in [0.2, 0.25) is 0 Å². The number of hydrogen-bond acceptors (Lipinski definition) is 3. The molecule has 1 aromatic rings. The molecule has 0 heterocycles. The van der Waals surface area contributed by atoms with E-state index in [1.807, 2.05) is 12.1 Å². The minimum absolute atomic E-state index is 0.109. The Labute approximate surface area is 137 Å². The fraction of sp³-hybridized carbons (Fsp3) is 0.526. The third kappa shape index (κ3) is 2.50. The van der Waals surface area contributed by atoms with Gasteiger partial charge >= 0.3 is 0 Å². The topological polar surface area (TPSA) is 67.8 Å². The van der Waals surface area contributed by atoms with Gasteiger partial charge in [0, 0.05) is 11.8 Å². The smallest absolute Gasteiger partial charge is 0.159 e. The Morgan fingerprint density at radius 2 is 2.13 bits per heavy atom. The third-order valence-corrected chi connectivity index (χ3v) is 5.46. The van der Waals surface area contributed by atoms with E-state index in [2.05, 4.69) is 30.3 Å². The van der Waals surface area contributed by atoms with Crippen LogP contribution in [0.5, 0.6) is 0 Å². The summed E-state index contributed by atoms with van der Waals surface area (Å²) in [6.45, 7) is 4.32. The Morgan fingerprint density at radius 1 is 1.30 bits per heavy atom. The van der Waals surface area contributed by atoms with Crippen molar-refractivity contribution >= 4 is 17.0 Å². The summed E-state index contributed by atoms with van der Waals surface area (Å²) < 4.78 is 0. The van der Waals surface area contributed by atoms with E-state index in [4.69, 9.17) is 5.84 Å². The number of carbonyl (C=O) groups is 1. The normalized spacial score (nSPS) is 23.5. The summed E-state index contributed by atoms with van der Waals surface area (Å²) in [6.07, 6.45) is 6.92. The summed E-state index contributed by atoms with van der Waals surface area (Å²) in [7, 11) is 0. The lowest BCUT2D eigenvalue weighted by Crippen LogP contribution is -2.28. The average Bonchev–Trinajstić information content (AvgIpc) is 2.90. The first kappa shape index (κ1) is 15.9. The zero-order valence-corrected chi connectivity index (χ0v) is 14.1. The van der Waals surface area contributed by atoms with Gasteiger partial charge in [-0.1, -0.05) is 44.0 Å². The van der Waals surface area contributed by atoms with Crippen LogP contribution in [0, 0.1) is 5.41 Å². The van der Waals surface area contributed by atoms with Gasteiger partial charge < -0.3 is 5.84 Å². The number of Topliss-reactive ketones (excluding diaryl/α,β-unsaturated/α-hetero) is 1. The number of benzene rings is 1. The summed E-state index contributed by atoms with van der Waals surface area (Å²) >= 11 is 0. The maximum absolute atomic E-state index is 12.5. The van der Waals surface area contributed by atoms with Gasteiger partial charge in [0.05, 0.1) is 5.69 Å². The number of carbonyl (C=O) groups excluding carboxylic acids is 1. The second kappa shape index (κ2) is 6.26. The van der Waals surface area contributed by atoms with E-state index in [9.17, 15) is 4.79 Å². The van der Waals surface area contributed by atoms with Gasteiger partial charge in [-0.3, -0.25) is 4.79 Å². The highest BCUT2D eigenvalue weighted by molar-refractivity contribution is 6.06. The van der Waals surface area contributed by atoms with E-state index < -0.39 is 0 Å². The molecule has 2 aliphatic carbocycles. The number of ketones is 1. The molecule has 0 radical (unpaired) electrons. The molecule has 4 nitrogen and oxygen atoms in total. The van der Waals surface area contributed by atoms with Gasteiger partial charge in [-0.15, -0.1) is 5.11 Å². The van der Waals surface area contributed by atoms with Crippen LogP contribution in [0.15, 0.2) is 34.1 Å². The predicted octanol–water partition coefficient (Wildman–Crippen LogP) is 4.90. The van der Waals surface area contributed by atoms with Crippen molar-refractivity contribution in [1.82, 2.24) is 0 Å². The largest absolute Gasteiger partial charge is 0.305 e. The minimum Gasteiger partial charge on any atom is -0.305 e. The summed E-state index contributed by atoms with van der Waals surface area (Å²) in [5, 5.41) is 7.59. The number of unbranched alkanes of at least 4 members (excludes halogenated alkanes) is 1. The molecule has 2 N–H and O–H groups in total. The van der Waals surface area contributed by atoms with Gasteiger partial charge in [-0.05, 0) is 54.0 Å². The number of hydrogen-bond donors (Lipinski definition) is 1. The van der Waals surface area contributed by atoms with Gasteiger partial charge in [0.15, 0.2) is 5.78 Å². The van der Waals surface area contributed by atoms with Crippen LogP contribution in [0.4, 0.5) is 5.69 Å². The molecule has 0 unspecified atom stereocenters. The van der Waals surface area contributed by atoms with E-state index in [0.29, 0.717) is 12.2 Å². The maximum Gasteiger partial charge on any atom is 0.159 e. The second-order valence-corrected chi connectivity index (χ2v) is 6.71. The van der Waals surface area contributed by atoms with Crippen molar-refractivity contribution in [3.8, 4) is 0 Å². The van der Waals surface area contributed by atoms with E-state index in [-0.39, 0.29) is 5.41 Å². The molecule has 0 saturated heterocycles. The molecule has 0 saturated carbocycles. The fourth-order valence-electron chi connectivity index (χ4n) is 4.43. The lowest BCUT2D eigenvalue weighted by atomic mass is 9.67. The number of nitrogens with zero attached hydrogens (tertiary/aromatic N) is 2. The van der Waals surface area contributed by atoms with Crippen molar-refractivity contribution in [2.24, 2.45) is 21.6 Å². The molecule has 3 rings (SSSR count). The summed E-state index contributed by atoms with van der Waals surface area (Å²) in [5.74, 6) is 5.61. The third-order valence-electron chi connectivity index (χ3n) is 5.46. The van der Waals surface area contributed by atoms with Gasteiger partial charge in [0.1, 0.15) is 0 Å². The maximum atomic E-state index is 12.5. The molecule has 2 aliphatic rings. The highest BCUT2D eigenvalue weighted by atomic mass is 16.1. The lowest BCUT2D eigenvalue weighted by molar-refractivity contribution is -0.116. The molecule has 0 fully saturated rings. The first-order chi connectivity index (χ1) is 11.2. The van der Waals surface area contributed by atoms with Crippen LogP contribution in [-0.4, -0.2) is 5.78 Å². The molecule has 1 aromatic carbocycles. The van der Waals surface area contributed by atoms with Crippen molar-refractivity contribution in [3.63, 3.8) is 0 Å². The van der Waals surface area contributed by atoms with Gasteiger partial charge in [-0.2, -0.15) is 0 Å². The number of allylic oxidation sites excluding steroid dienone is 2. The molecular weight excluding hydrogens is 286 g/mol. The zero-order valence-electron chi connectivity index (χ0n) is 14.1. The first-order valence-corrected chi connectivity index (χ1v) is 8.67. The minimum atomic E-state index is 0.109. The van der Waals surface area contributed by atoms with Crippen LogP contribution in [0.1, 0.15) is 63.5 Å². The highest BCUT2D eigenvalue weighted by Crippen LogP contribution is 2.58. The predicted molar refractivity (Wildman–Crippen MR) is 92.3 cm³/mol. The van der Waals surface area contributed by atoms with Gasteiger partial charge in [0.25, 0.3) is 0 Å². The number of rotatable bonds is 5. The molecule has 1 atom stereocenters. The molecule has 0 aromatic heterocycles. The van der Waals surface area contributed by atoms with Crippen LogP contribution in [0.25, 0.3) is 5.57 Å². The first-order valence-electron chi connectivity index (χ1n) is 8.67. The quantitative estimate of drug-likeness (QED) is 0.477. The molecule has 0 spiro atoms. The zero-order chi connectivity index (χ0) is 16.4. The van der Waals surface area contributed by atoms with Crippen LogP contribution in [0.3, 0.4) is 0 Å². The molecule has 4 heteroatoms. The van der Waals surface area contributed by atoms with Crippen LogP contribution < -0.4 is 5.84 Å². The van der Waals surface area contributed by atoms with Crippen molar-refractivity contribution in [2.45, 2.75) is 58.8 Å². The van der Waals surface area contributed by atoms with E-state index in [0.717, 1.165) is 36.9 Å². The van der Waals surface area contributed by atoms with Gasteiger partial charge in [-0.25, -0.2) is 0 Å². The molecule has 0 aliphatic heterocycles. The average molecular weight is 311 g/mol. The molecule has 122 valence electrons. The van der Waals surface area contributed by atoms with Crippen molar-refractivity contribution < 1.29 is 4.79 Å². The molecule has 0 amide bonds. The van der Waals surface area contributed by atoms with Crippen molar-refractivity contribution in [2.75, 3.05) is 0 Å². The van der Waals surface area contributed by atoms with E-state index >= 15 is 0 Å². The fourth-order valence-corrected chi connectivity index (χ4v) is 4.43. The summed E-state index contributed by atoms with van der Waals surface area (Å²) in [5.41, 5.74) is 5.72.